The first kappa shape index (κ1) is 21.8. The minimum Gasteiger partial charge on any atom is -0.493 e. The Morgan fingerprint density at radius 2 is 1.55 bits per heavy atom. The van der Waals surface area contributed by atoms with Gasteiger partial charge in [0.2, 0.25) is 5.88 Å². The second kappa shape index (κ2) is 9.35. The van der Waals surface area contributed by atoms with E-state index < -0.39 is 17.9 Å². The van der Waals surface area contributed by atoms with Gasteiger partial charge < -0.3 is 15.5 Å². The molecule has 0 saturated carbocycles. The summed E-state index contributed by atoms with van der Waals surface area (Å²) in [4.78, 5) is 24.2. The Morgan fingerprint density at radius 3 is 2.15 bits per heavy atom. The lowest BCUT2D eigenvalue weighted by Gasteiger charge is -2.17. The maximum Gasteiger partial charge on any atom is 0.305 e. The number of nitrogens with zero attached hydrogens (tertiary/aromatic N) is 2. The van der Waals surface area contributed by atoms with Crippen LogP contribution in [0.5, 0.6) is 5.88 Å². The molecule has 1 amide bonds. The Kier molecular flexibility index (Phi) is 6.17. The van der Waals surface area contributed by atoms with Crippen molar-refractivity contribution in [1.29, 1.82) is 0 Å². The van der Waals surface area contributed by atoms with Crippen LogP contribution in [-0.2, 0) is 4.79 Å². The van der Waals surface area contributed by atoms with Gasteiger partial charge in [-0.15, -0.1) is 0 Å². The van der Waals surface area contributed by atoms with Crippen molar-refractivity contribution in [3.05, 3.63) is 102 Å². The minimum absolute atomic E-state index is 0.0466. The second-order valence-electron chi connectivity index (χ2n) is 7.39. The highest BCUT2D eigenvalue weighted by molar-refractivity contribution is 5.93. The van der Waals surface area contributed by atoms with Crippen molar-refractivity contribution in [2.45, 2.75) is 12.5 Å². The maximum absolute atomic E-state index is 13.2. The molecule has 0 spiro atoms. The zero-order valence-corrected chi connectivity index (χ0v) is 17.4. The van der Waals surface area contributed by atoms with E-state index in [1.54, 1.807) is 60.7 Å². The summed E-state index contributed by atoms with van der Waals surface area (Å²) in [6, 6.07) is 22.2. The van der Waals surface area contributed by atoms with Crippen molar-refractivity contribution >= 4 is 11.9 Å². The molecule has 0 fully saturated rings. The van der Waals surface area contributed by atoms with E-state index in [1.807, 2.05) is 6.07 Å². The molecule has 7 nitrogen and oxygen atoms in total. The van der Waals surface area contributed by atoms with Crippen LogP contribution in [0.15, 0.2) is 84.9 Å². The number of hydrogen-bond acceptors (Lipinski definition) is 4. The molecular formula is C25H20FN3O4. The fraction of sp³-hybridized carbons (Fsp3) is 0.0800. The summed E-state index contributed by atoms with van der Waals surface area (Å²) in [5.41, 5.74) is 2.75. The number of hydrogen-bond donors (Lipinski definition) is 3. The number of benzene rings is 3. The summed E-state index contributed by atoms with van der Waals surface area (Å²) in [5, 5.41) is 26.4. The molecule has 8 heteroatoms. The van der Waals surface area contributed by atoms with E-state index >= 15 is 0 Å². The molecule has 33 heavy (non-hydrogen) atoms. The van der Waals surface area contributed by atoms with Crippen molar-refractivity contribution in [3.8, 4) is 22.7 Å². The Balaban J connectivity index is 1.55. The Bertz CT molecular complexity index is 1270. The van der Waals surface area contributed by atoms with E-state index in [9.17, 15) is 24.2 Å². The highest BCUT2D eigenvalue weighted by atomic mass is 19.1. The van der Waals surface area contributed by atoms with Crippen LogP contribution < -0.4 is 5.32 Å². The number of aliphatic carboxylic acids is 1. The maximum atomic E-state index is 13.2. The molecule has 0 aliphatic rings. The van der Waals surface area contributed by atoms with Gasteiger partial charge in [-0.3, -0.25) is 9.59 Å². The monoisotopic (exact) mass is 445 g/mol. The first-order chi connectivity index (χ1) is 15.9. The number of carbonyl (C=O) groups is 2. The SMILES string of the molecule is O=C(O)CC(NC(=O)c1cc(O)n(-c2ccccc2)n1)c1ccc(-c2ccc(F)cc2)cc1. The van der Waals surface area contributed by atoms with Gasteiger partial charge in [0.1, 0.15) is 5.82 Å². The van der Waals surface area contributed by atoms with Gasteiger partial charge in [-0.2, -0.15) is 5.10 Å². The fourth-order valence-corrected chi connectivity index (χ4v) is 3.45. The van der Waals surface area contributed by atoms with E-state index in [0.29, 0.717) is 11.3 Å². The molecule has 1 unspecified atom stereocenters. The van der Waals surface area contributed by atoms with Crippen LogP contribution in [0.25, 0.3) is 16.8 Å². The van der Waals surface area contributed by atoms with Crippen molar-refractivity contribution < 1.29 is 24.2 Å². The molecule has 3 N–H and O–H groups in total. The molecule has 4 aromatic rings. The van der Waals surface area contributed by atoms with Crippen LogP contribution in [0.2, 0.25) is 0 Å². The van der Waals surface area contributed by atoms with Crippen molar-refractivity contribution in [3.63, 3.8) is 0 Å². The number of halogens is 1. The standard InChI is InChI=1S/C25H20FN3O4/c26-19-12-10-17(11-13-19)16-6-8-18(9-7-16)21(15-24(31)32)27-25(33)22-14-23(30)29(28-22)20-4-2-1-3-5-20/h1-14,21,30H,15H2,(H,27,33)(H,31,32). The van der Waals surface area contributed by atoms with Gasteiger partial charge in [0.25, 0.3) is 5.91 Å². The number of rotatable bonds is 7. The second-order valence-corrected chi connectivity index (χ2v) is 7.39. The molecule has 0 aliphatic heterocycles. The van der Waals surface area contributed by atoms with Crippen molar-refractivity contribution in [2.75, 3.05) is 0 Å². The lowest BCUT2D eigenvalue weighted by molar-refractivity contribution is -0.137. The van der Waals surface area contributed by atoms with E-state index in [1.165, 1.54) is 22.9 Å². The highest BCUT2D eigenvalue weighted by Gasteiger charge is 2.22. The molecule has 166 valence electrons. The molecule has 0 bridgehead atoms. The van der Waals surface area contributed by atoms with Crippen molar-refractivity contribution in [1.82, 2.24) is 15.1 Å². The highest BCUT2D eigenvalue weighted by Crippen LogP contribution is 2.25. The van der Waals surface area contributed by atoms with E-state index in [0.717, 1.165) is 11.1 Å². The van der Waals surface area contributed by atoms with Crippen molar-refractivity contribution in [2.24, 2.45) is 0 Å². The number of para-hydroxylation sites is 1. The summed E-state index contributed by atoms with van der Waals surface area (Å²) < 4.78 is 14.4. The number of carbonyl (C=O) groups excluding carboxylic acids is 1. The third kappa shape index (κ3) is 5.07. The minimum atomic E-state index is -1.08. The summed E-state index contributed by atoms with van der Waals surface area (Å²) in [6.45, 7) is 0. The lowest BCUT2D eigenvalue weighted by Crippen LogP contribution is -2.30. The molecule has 4 rings (SSSR count). The third-order valence-corrected chi connectivity index (χ3v) is 5.10. The van der Waals surface area contributed by atoms with Gasteiger partial charge >= 0.3 is 5.97 Å². The number of carboxylic acid groups (broad SMARTS) is 1. The third-order valence-electron chi connectivity index (χ3n) is 5.10. The molecule has 3 aromatic carbocycles. The van der Waals surface area contributed by atoms with Crippen LogP contribution in [0.3, 0.4) is 0 Å². The number of aromatic hydroxyl groups is 1. The molecule has 1 heterocycles. The van der Waals surface area contributed by atoms with Crippen LogP contribution in [0, 0.1) is 5.82 Å². The molecule has 1 atom stereocenters. The zero-order chi connectivity index (χ0) is 23.4. The first-order valence-electron chi connectivity index (χ1n) is 10.1. The van der Waals surface area contributed by atoms with Crippen LogP contribution in [0.1, 0.15) is 28.5 Å². The number of nitrogens with one attached hydrogen (secondary N) is 1. The van der Waals surface area contributed by atoms with Crippen LogP contribution in [0.4, 0.5) is 4.39 Å². The molecule has 1 aromatic heterocycles. The zero-order valence-electron chi connectivity index (χ0n) is 17.4. The Labute approximate surface area is 188 Å². The fourth-order valence-electron chi connectivity index (χ4n) is 3.45. The Hall–Kier alpha value is -4.46. The summed E-state index contributed by atoms with van der Waals surface area (Å²) in [5.74, 6) is -2.25. The van der Waals surface area contributed by atoms with E-state index in [2.05, 4.69) is 10.4 Å². The van der Waals surface area contributed by atoms with Gasteiger partial charge in [-0.1, -0.05) is 54.6 Å². The predicted molar refractivity (Wildman–Crippen MR) is 120 cm³/mol. The number of amides is 1. The average molecular weight is 445 g/mol. The largest absolute Gasteiger partial charge is 0.493 e. The smallest absolute Gasteiger partial charge is 0.305 e. The lowest BCUT2D eigenvalue weighted by atomic mass is 9.99. The molecule has 0 radical (unpaired) electrons. The normalized spacial score (nSPS) is 11.7. The predicted octanol–water partition coefficient (Wildman–Crippen LogP) is 4.33. The molecule has 0 aliphatic carbocycles. The van der Waals surface area contributed by atoms with E-state index in [4.69, 9.17) is 0 Å². The topological polar surface area (TPSA) is 104 Å². The summed E-state index contributed by atoms with van der Waals surface area (Å²) >= 11 is 0. The summed E-state index contributed by atoms with van der Waals surface area (Å²) in [6.07, 6.45) is -0.340. The van der Waals surface area contributed by atoms with Gasteiger partial charge in [0.15, 0.2) is 5.69 Å². The van der Waals surface area contributed by atoms with Gasteiger partial charge in [0, 0.05) is 6.07 Å². The molecular weight excluding hydrogens is 425 g/mol. The molecule has 0 saturated heterocycles. The van der Waals surface area contributed by atoms with Crippen LogP contribution in [-0.4, -0.2) is 31.9 Å². The van der Waals surface area contributed by atoms with Crippen LogP contribution >= 0.6 is 0 Å². The van der Waals surface area contributed by atoms with Gasteiger partial charge in [-0.05, 0) is 41.0 Å². The Morgan fingerprint density at radius 1 is 0.939 bits per heavy atom. The number of aromatic nitrogens is 2. The van der Waals surface area contributed by atoms with Gasteiger partial charge in [-0.25, -0.2) is 9.07 Å². The van der Waals surface area contributed by atoms with E-state index in [-0.39, 0.29) is 23.8 Å². The summed E-state index contributed by atoms with van der Waals surface area (Å²) in [7, 11) is 0. The number of carboxylic acids is 1. The quantitative estimate of drug-likeness (QED) is 0.393. The van der Waals surface area contributed by atoms with Gasteiger partial charge in [0.05, 0.1) is 18.2 Å². The average Bonchev–Trinajstić information content (AvgIpc) is 3.21. The first-order valence-corrected chi connectivity index (χ1v) is 10.1.